The van der Waals surface area contributed by atoms with Crippen LogP contribution in [0, 0.1) is 0 Å². The number of methoxy groups -OCH3 is 1. The highest BCUT2D eigenvalue weighted by atomic mass is 16.5. The number of aliphatic imine (C=N–C) groups is 1. The second-order valence-corrected chi connectivity index (χ2v) is 5.05. The van der Waals surface area contributed by atoms with Crippen LogP contribution in [0.25, 0.3) is 0 Å². The average Bonchev–Trinajstić information content (AvgIpc) is 2.80. The molecule has 0 unspecified atom stereocenters. The Morgan fingerprint density at radius 2 is 2.21 bits per heavy atom. The van der Waals surface area contributed by atoms with Gasteiger partial charge in [0.05, 0.1) is 19.2 Å². The van der Waals surface area contributed by atoms with Crippen LogP contribution in [0.4, 0.5) is 4.79 Å². The predicted molar refractivity (Wildman–Crippen MR) is 75.2 cm³/mol. The van der Waals surface area contributed by atoms with Crippen LogP contribution in [0.1, 0.15) is 40.0 Å². The number of rotatable bonds is 3. The van der Waals surface area contributed by atoms with Crippen LogP contribution in [0.2, 0.25) is 0 Å². The first-order chi connectivity index (χ1) is 9.10. The molecule has 2 aliphatic heterocycles. The Hall–Kier alpha value is -1.52. The van der Waals surface area contributed by atoms with Gasteiger partial charge in [0.25, 0.3) is 0 Å². The first-order valence-electron chi connectivity index (χ1n) is 7.01. The van der Waals surface area contributed by atoms with Gasteiger partial charge in [-0.2, -0.15) is 0 Å². The predicted octanol–water partition coefficient (Wildman–Crippen LogP) is 2.29. The minimum Gasteiger partial charge on any atom is -0.453 e. The van der Waals surface area contributed by atoms with Crippen molar-refractivity contribution in [3.8, 4) is 0 Å². The average molecular weight is 265 g/mol. The van der Waals surface area contributed by atoms with Crippen LogP contribution in [0.15, 0.2) is 16.3 Å². The molecule has 0 aromatic carbocycles. The van der Waals surface area contributed by atoms with E-state index >= 15 is 0 Å². The first-order valence-corrected chi connectivity index (χ1v) is 7.01. The molecule has 2 aliphatic rings. The number of hydrogen-bond acceptors (Lipinski definition) is 4. The van der Waals surface area contributed by atoms with Crippen molar-refractivity contribution in [3.63, 3.8) is 0 Å². The van der Waals surface area contributed by atoms with Gasteiger partial charge in [-0.25, -0.2) is 4.79 Å². The van der Waals surface area contributed by atoms with Crippen molar-refractivity contribution in [1.82, 2.24) is 10.2 Å². The van der Waals surface area contributed by atoms with Gasteiger partial charge < -0.3 is 15.0 Å². The zero-order valence-corrected chi connectivity index (χ0v) is 12.2. The number of amidine groups is 1. The van der Waals surface area contributed by atoms with Crippen LogP contribution in [-0.4, -0.2) is 42.6 Å². The Morgan fingerprint density at radius 3 is 2.79 bits per heavy atom. The summed E-state index contributed by atoms with van der Waals surface area (Å²) in [5, 5.41) is 2.90. The lowest BCUT2D eigenvalue weighted by atomic mass is 10.00. The van der Waals surface area contributed by atoms with E-state index in [2.05, 4.69) is 35.7 Å². The van der Waals surface area contributed by atoms with Gasteiger partial charge in [-0.15, -0.1) is 0 Å². The van der Waals surface area contributed by atoms with E-state index in [1.807, 2.05) is 0 Å². The Bertz CT molecular complexity index is 428. The molecule has 0 aliphatic carbocycles. The fraction of sp³-hybridized carbons (Fsp3) is 0.714. The van der Waals surface area contributed by atoms with Crippen molar-refractivity contribution in [2.24, 2.45) is 4.99 Å². The normalized spacial score (nSPS) is 26.1. The molecule has 0 radical (unpaired) electrons. The number of fused-ring (bicyclic) bond motifs is 1. The lowest BCUT2D eigenvalue weighted by Crippen LogP contribution is -2.39. The van der Waals surface area contributed by atoms with Crippen molar-refractivity contribution < 1.29 is 9.53 Å². The number of ether oxygens (including phenoxy) is 1. The summed E-state index contributed by atoms with van der Waals surface area (Å²) < 4.78 is 4.68. The molecule has 0 spiro atoms. The fourth-order valence-electron chi connectivity index (χ4n) is 3.02. The molecule has 1 saturated heterocycles. The van der Waals surface area contributed by atoms with E-state index in [1.165, 1.54) is 18.4 Å². The van der Waals surface area contributed by atoms with Gasteiger partial charge in [0.1, 0.15) is 5.84 Å². The number of nitrogens with zero attached hydrogens (tertiary/aromatic N) is 2. The SMILES string of the molecule is CCC1=N[C@@H](C)C(CC)=C2C[C@@H](NC(=O)OC)CN12. The second-order valence-electron chi connectivity index (χ2n) is 5.05. The molecule has 5 heteroatoms. The van der Waals surface area contributed by atoms with E-state index in [0.29, 0.717) is 0 Å². The molecule has 2 heterocycles. The topological polar surface area (TPSA) is 53.9 Å². The van der Waals surface area contributed by atoms with E-state index in [0.717, 1.165) is 31.6 Å². The highest BCUT2D eigenvalue weighted by Crippen LogP contribution is 2.33. The monoisotopic (exact) mass is 265 g/mol. The smallest absolute Gasteiger partial charge is 0.407 e. The van der Waals surface area contributed by atoms with E-state index in [1.54, 1.807) is 0 Å². The maximum Gasteiger partial charge on any atom is 0.407 e. The van der Waals surface area contributed by atoms with Gasteiger partial charge in [0.2, 0.25) is 0 Å². The summed E-state index contributed by atoms with van der Waals surface area (Å²) in [6, 6.07) is 0.383. The highest BCUT2D eigenvalue weighted by molar-refractivity contribution is 5.86. The zero-order chi connectivity index (χ0) is 14.0. The lowest BCUT2D eigenvalue weighted by molar-refractivity contribution is 0.167. The summed E-state index contributed by atoms with van der Waals surface area (Å²) in [5.41, 5.74) is 2.75. The maximum absolute atomic E-state index is 11.3. The van der Waals surface area contributed by atoms with Crippen molar-refractivity contribution in [1.29, 1.82) is 0 Å². The molecular weight excluding hydrogens is 242 g/mol. The van der Waals surface area contributed by atoms with Gasteiger partial charge in [0, 0.05) is 25.1 Å². The van der Waals surface area contributed by atoms with Gasteiger partial charge >= 0.3 is 6.09 Å². The highest BCUT2D eigenvalue weighted by Gasteiger charge is 2.35. The van der Waals surface area contributed by atoms with E-state index in [4.69, 9.17) is 4.99 Å². The second kappa shape index (κ2) is 5.63. The zero-order valence-electron chi connectivity index (χ0n) is 12.2. The molecule has 1 N–H and O–H groups in total. The quantitative estimate of drug-likeness (QED) is 0.852. The fourth-order valence-corrected chi connectivity index (χ4v) is 3.02. The number of carbonyl (C=O) groups excluding carboxylic acids is 1. The third-order valence-corrected chi connectivity index (χ3v) is 3.90. The van der Waals surface area contributed by atoms with Crippen LogP contribution < -0.4 is 5.32 Å². The van der Waals surface area contributed by atoms with E-state index in [-0.39, 0.29) is 18.2 Å². The summed E-state index contributed by atoms with van der Waals surface area (Å²) in [6.07, 6.45) is 2.46. The summed E-state index contributed by atoms with van der Waals surface area (Å²) in [6.45, 7) is 7.25. The van der Waals surface area contributed by atoms with Crippen molar-refractivity contribution in [3.05, 3.63) is 11.3 Å². The molecule has 19 heavy (non-hydrogen) atoms. The molecule has 5 nitrogen and oxygen atoms in total. The lowest BCUT2D eigenvalue weighted by Gasteiger charge is -2.31. The summed E-state index contributed by atoms with van der Waals surface area (Å²) >= 11 is 0. The molecule has 0 saturated carbocycles. The van der Waals surface area contributed by atoms with Crippen molar-refractivity contribution in [2.75, 3.05) is 13.7 Å². The number of carbonyl (C=O) groups is 1. The molecule has 2 atom stereocenters. The number of amides is 1. The standard InChI is InChI=1S/C14H23N3O2/c1-5-11-9(3)15-13(6-2)17-8-10(7-12(11)17)16-14(18)19-4/h9-10H,5-8H2,1-4H3,(H,16,18)/t9-,10+/m0/s1. The molecule has 0 bridgehead atoms. The van der Waals surface area contributed by atoms with Gasteiger partial charge in [-0.3, -0.25) is 4.99 Å². The largest absolute Gasteiger partial charge is 0.453 e. The number of hydrogen-bond donors (Lipinski definition) is 1. The van der Waals surface area contributed by atoms with Gasteiger partial charge in [-0.05, 0) is 18.9 Å². The first kappa shape index (κ1) is 13.9. The van der Waals surface area contributed by atoms with Crippen LogP contribution in [0.3, 0.4) is 0 Å². The molecule has 0 aromatic heterocycles. The van der Waals surface area contributed by atoms with Crippen LogP contribution in [-0.2, 0) is 4.74 Å². The maximum atomic E-state index is 11.3. The number of nitrogens with one attached hydrogen (secondary N) is 1. The Labute approximate surface area is 114 Å². The minimum absolute atomic E-state index is 0.117. The van der Waals surface area contributed by atoms with Gasteiger partial charge in [0.15, 0.2) is 0 Å². The number of alkyl carbamates (subject to hydrolysis) is 1. The molecular formula is C14H23N3O2. The Balaban J connectivity index is 2.20. The molecule has 1 fully saturated rings. The third-order valence-electron chi connectivity index (χ3n) is 3.90. The summed E-state index contributed by atoms with van der Waals surface area (Å²) in [5.74, 6) is 1.13. The molecule has 0 aromatic rings. The molecule has 2 rings (SSSR count). The van der Waals surface area contributed by atoms with Crippen LogP contribution in [0.5, 0.6) is 0 Å². The summed E-state index contributed by atoms with van der Waals surface area (Å²) in [7, 11) is 1.40. The van der Waals surface area contributed by atoms with Gasteiger partial charge in [-0.1, -0.05) is 13.8 Å². The third kappa shape index (κ3) is 2.60. The van der Waals surface area contributed by atoms with E-state index in [9.17, 15) is 4.79 Å². The molecule has 1 amide bonds. The Morgan fingerprint density at radius 1 is 1.47 bits per heavy atom. The van der Waals surface area contributed by atoms with Crippen molar-refractivity contribution >= 4 is 11.9 Å². The Kier molecular flexibility index (Phi) is 4.12. The van der Waals surface area contributed by atoms with E-state index < -0.39 is 0 Å². The summed E-state index contributed by atoms with van der Waals surface area (Å²) in [4.78, 5) is 18.4. The van der Waals surface area contributed by atoms with Crippen molar-refractivity contribution in [2.45, 2.75) is 52.1 Å². The minimum atomic E-state index is -0.355. The van der Waals surface area contributed by atoms with Crippen LogP contribution >= 0.6 is 0 Å². The molecule has 106 valence electrons.